The Bertz CT molecular complexity index is 332. The predicted octanol–water partition coefficient (Wildman–Crippen LogP) is 2.33. The Morgan fingerprint density at radius 2 is 2.43 bits per heavy atom. The van der Waals surface area contributed by atoms with Crippen molar-refractivity contribution in [1.82, 2.24) is 5.32 Å². The second-order valence-electron chi connectivity index (χ2n) is 3.16. The number of hydrogen-bond acceptors (Lipinski definition) is 2. The highest BCUT2D eigenvalue weighted by molar-refractivity contribution is 6.32. The van der Waals surface area contributed by atoms with Crippen LogP contribution in [0.2, 0.25) is 5.02 Å². The van der Waals surface area contributed by atoms with Crippen LogP contribution in [-0.4, -0.2) is 19.8 Å². The van der Waals surface area contributed by atoms with E-state index < -0.39 is 0 Å². The molecule has 1 heterocycles. The quantitative estimate of drug-likeness (QED) is 0.836. The summed E-state index contributed by atoms with van der Waals surface area (Å²) in [5, 5.41) is 3.67. The number of ether oxygens (including phenoxy) is 1. The first-order chi connectivity index (χ1) is 6.83. The zero-order valence-electron chi connectivity index (χ0n) is 7.59. The minimum atomic E-state index is -0.369. The highest BCUT2D eigenvalue weighted by atomic mass is 35.5. The third-order valence-electron chi connectivity index (χ3n) is 2.25. The highest BCUT2D eigenvalue weighted by Gasteiger charge is 2.24. The lowest BCUT2D eigenvalue weighted by Gasteiger charge is -2.09. The summed E-state index contributed by atoms with van der Waals surface area (Å²) in [5.41, 5.74) is 1.02. The Kier molecular flexibility index (Phi) is 2.89. The van der Waals surface area contributed by atoms with Crippen LogP contribution in [0.25, 0.3) is 0 Å². The first-order valence-electron chi connectivity index (χ1n) is 4.53. The molecule has 1 atom stereocenters. The van der Waals surface area contributed by atoms with Gasteiger partial charge >= 0.3 is 0 Å². The highest BCUT2D eigenvalue weighted by Crippen LogP contribution is 2.37. The molecule has 0 bridgehead atoms. The summed E-state index contributed by atoms with van der Waals surface area (Å²) in [6.45, 7) is 0.505. The van der Waals surface area contributed by atoms with Crippen LogP contribution in [0.5, 0.6) is 5.75 Å². The molecule has 2 nitrogen and oxygen atoms in total. The lowest BCUT2D eigenvalue weighted by Crippen LogP contribution is -2.24. The zero-order chi connectivity index (χ0) is 9.97. The smallest absolute Gasteiger partial charge is 0.142 e. The third-order valence-corrected chi connectivity index (χ3v) is 2.55. The summed E-state index contributed by atoms with van der Waals surface area (Å²) in [6.07, 6.45) is 0. The average Bonchev–Trinajstić information content (AvgIpc) is 2.60. The molecular formula is C10H11ClFNO. The summed E-state index contributed by atoms with van der Waals surface area (Å²) in [7, 11) is 0. The van der Waals surface area contributed by atoms with Crippen LogP contribution >= 0.6 is 11.6 Å². The molecule has 14 heavy (non-hydrogen) atoms. The summed E-state index contributed by atoms with van der Waals surface area (Å²) in [6, 6.07) is 5.68. The van der Waals surface area contributed by atoms with Gasteiger partial charge in [0.25, 0.3) is 0 Å². The predicted molar refractivity (Wildman–Crippen MR) is 53.7 cm³/mol. The molecule has 4 heteroatoms. The third kappa shape index (κ3) is 1.70. The van der Waals surface area contributed by atoms with Crippen LogP contribution in [0.15, 0.2) is 18.2 Å². The fourth-order valence-electron chi connectivity index (χ4n) is 1.61. The van der Waals surface area contributed by atoms with Crippen molar-refractivity contribution in [3.05, 3.63) is 28.8 Å². The summed E-state index contributed by atoms with van der Waals surface area (Å²) in [5.74, 6) is 0.727. The molecule has 1 N–H and O–H groups in total. The van der Waals surface area contributed by atoms with Crippen molar-refractivity contribution in [3.8, 4) is 5.75 Å². The minimum absolute atomic E-state index is 0.0689. The molecule has 1 unspecified atom stereocenters. The molecule has 0 radical (unpaired) electrons. The van der Waals surface area contributed by atoms with Gasteiger partial charge in [0.1, 0.15) is 19.0 Å². The molecule has 0 fully saturated rings. The van der Waals surface area contributed by atoms with E-state index in [2.05, 4.69) is 5.32 Å². The van der Waals surface area contributed by atoms with Gasteiger partial charge in [0, 0.05) is 12.1 Å². The van der Waals surface area contributed by atoms with E-state index in [1.54, 1.807) is 6.07 Å². The molecule has 0 saturated carbocycles. The van der Waals surface area contributed by atoms with E-state index in [0.29, 0.717) is 18.2 Å². The number of alkyl halides is 1. The van der Waals surface area contributed by atoms with Crippen molar-refractivity contribution in [2.75, 3.05) is 19.8 Å². The van der Waals surface area contributed by atoms with Gasteiger partial charge in [0.15, 0.2) is 0 Å². The van der Waals surface area contributed by atoms with Gasteiger partial charge < -0.3 is 10.1 Å². The standard InChI is InChI=1S/C10H11ClFNO/c11-8-3-1-2-7-9(13-5-4-12)6-14-10(7)8/h1-3,9,13H,4-6H2. The summed E-state index contributed by atoms with van der Waals surface area (Å²) in [4.78, 5) is 0. The Hall–Kier alpha value is -0.800. The molecule has 1 aromatic carbocycles. The van der Waals surface area contributed by atoms with E-state index in [4.69, 9.17) is 16.3 Å². The number of nitrogens with one attached hydrogen (secondary N) is 1. The topological polar surface area (TPSA) is 21.3 Å². The van der Waals surface area contributed by atoms with Crippen molar-refractivity contribution in [3.63, 3.8) is 0 Å². The second-order valence-corrected chi connectivity index (χ2v) is 3.57. The zero-order valence-corrected chi connectivity index (χ0v) is 8.35. The fourth-order valence-corrected chi connectivity index (χ4v) is 1.84. The summed E-state index contributed by atoms with van der Waals surface area (Å²) < 4.78 is 17.4. The number of halogens is 2. The van der Waals surface area contributed by atoms with Crippen molar-refractivity contribution in [2.24, 2.45) is 0 Å². The van der Waals surface area contributed by atoms with E-state index >= 15 is 0 Å². The van der Waals surface area contributed by atoms with Crippen molar-refractivity contribution in [2.45, 2.75) is 6.04 Å². The van der Waals surface area contributed by atoms with E-state index in [-0.39, 0.29) is 12.7 Å². The second kappa shape index (κ2) is 4.15. The van der Waals surface area contributed by atoms with Gasteiger partial charge in [0.2, 0.25) is 0 Å². The number of fused-ring (bicyclic) bond motifs is 1. The fraction of sp³-hybridized carbons (Fsp3) is 0.400. The Labute approximate surface area is 87.0 Å². The normalized spacial score (nSPS) is 19.1. The van der Waals surface area contributed by atoms with Crippen molar-refractivity contribution < 1.29 is 9.13 Å². The number of benzene rings is 1. The maximum Gasteiger partial charge on any atom is 0.142 e. The van der Waals surface area contributed by atoms with Crippen LogP contribution in [0.1, 0.15) is 11.6 Å². The minimum Gasteiger partial charge on any atom is -0.490 e. The molecule has 0 saturated heterocycles. The van der Waals surface area contributed by atoms with Gasteiger partial charge in [-0.05, 0) is 6.07 Å². The maximum absolute atomic E-state index is 12.0. The summed E-state index contributed by atoms with van der Waals surface area (Å²) >= 11 is 5.94. The van der Waals surface area contributed by atoms with Crippen molar-refractivity contribution >= 4 is 11.6 Å². The molecule has 0 amide bonds. The number of hydrogen-bond donors (Lipinski definition) is 1. The molecule has 1 aliphatic rings. The van der Waals surface area contributed by atoms with E-state index in [1.807, 2.05) is 12.1 Å². The lowest BCUT2D eigenvalue weighted by atomic mass is 10.1. The Morgan fingerprint density at radius 3 is 3.21 bits per heavy atom. The molecule has 76 valence electrons. The van der Waals surface area contributed by atoms with Gasteiger partial charge in [-0.3, -0.25) is 0 Å². The Morgan fingerprint density at radius 1 is 1.57 bits per heavy atom. The van der Waals surface area contributed by atoms with Gasteiger partial charge in [-0.1, -0.05) is 23.7 Å². The van der Waals surface area contributed by atoms with Gasteiger partial charge in [-0.2, -0.15) is 0 Å². The van der Waals surface area contributed by atoms with Crippen LogP contribution in [0.4, 0.5) is 4.39 Å². The molecular weight excluding hydrogens is 205 g/mol. The lowest BCUT2D eigenvalue weighted by molar-refractivity contribution is 0.306. The molecule has 2 rings (SSSR count). The number of rotatable bonds is 3. The molecule has 1 aliphatic heterocycles. The van der Waals surface area contributed by atoms with Crippen LogP contribution < -0.4 is 10.1 Å². The number of para-hydroxylation sites is 1. The van der Waals surface area contributed by atoms with Crippen LogP contribution in [0, 0.1) is 0 Å². The largest absolute Gasteiger partial charge is 0.490 e. The van der Waals surface area contributed by atoms with Crippen LogP contribution in [-0.2, 0) is 0 Å². The SMILES string of the molecule is FCCNC1COc2c(Cl)cccc21. The first-order valence-corrected chi connectivity index (χ1v) is 4.91. The monoisotopic (exact) mass is 215 g/mol. The first kappa shape index (κ1) is 9.74. The molecule has 0 spiro atoms. The van der Waals surface area contributed by atoms with E-state index in [9.17, 15) is 4.39 Å². The Balaban J connectivity index is 2.18. The average molecular weight is 216 g/mol. The van der Waals surface area contributed by atoms with E-state index in [0.717, 1.165) is 11.3 Å². The van der Waals surface area contributed by atoms with Gasteiger partial charge in [-0.25, -0.2) is 4.39 Å². The van der Waals surface area contributed by atoms with Gasteiger partial charge in [-0.15, -0.1) is 0 Å². The van der Waals surface area contributed by atoms with Crippen LogP contribution in [0.3, 0.4) is 0 Å². The molecule has 0 aliphatic carbocycles. The molecule has 0 aromatic heterocycles. The maximum atomic E-state index is 12.0. The molecule has 1 aromatic rings. The van der Waals surface area contributed by atoms with Crippen molar-refractivity contribution in [1.29, 1.82) is 0 Å². The van der Waals surface area contributed by atoms with E-state index in [1.165, 1.54) is 0 Å². The van der Waals surface area contributed by atoms with Gasteiger partial charge in [0.05, 0.1) is 11.1 Å².